The van der Waals surface area contributed by atoms with Gasteiger partial charge in [-0.1, -0.05) is 18.2 Å². The first-order valence-electron chi connectivity index (χ1n) is 9.72. The van der Waals surface area contributed by atoms with Gasteiger partial charge < -0.3 is 24.4 Å². The monoisotopic (exact) mass is 416 g/mol. The predicted octanol–water partition coefficient (Wildman–Crippen LogP) is 1.71. The van der Waals surface area contributed by atoms with Crippen LogP contribution < -0.4 is 20.3 Å². The van der Waals surface area contributed by atoms with Crippen molar-refractivity contribution in [3.8, 4) is 17.2 Å². The molecule has 30 heavy (non-hydrogen) atoms. The van der Waals surface area contributed by atoms with E-state index in [1.807, 2.05) is 24.3 Å². The van der Waals surface area contributed by atoms with Crippen LogP contribution in [0.3, 0.4) is 0 Å². The van der Waals surface area contributed by atoms with Crippen molar-refractivity contribution in [2.45, 2.75) is 31.0 Å². The maximum atomic E-state index is 12.2. The van der Waals surface area contributed by atoms with E-state index in [0.29, 0.717) is 17.7 Å². The van der Waals surface area contributed by atoms with Crippen molar-refractivity contribution in [2.24, 2.45) is 5.92 Å². The Kier molecular flexibility index (Phi) is 7.15. The molecule has 4 N–H and O–H groups in total. The van der Waals surface area contributed by atoms with E-state index in [-0.39, 0.29) is 24.1 Å². The summed E-state index contributed by atoms with van der Waals surface area (Å²) in [5, 5.41) is 20.9. The van der Waals surface area contributed by atoms with Crippen LogP contribution in [0.2, 0.25) is 0 Å². The molecule has 3 rings (SSSR count). The van der Waals surface area contributed by atoms with Crippen molar-refractivity contribution in [3.63, 3.8) is 0 Å². The molecular formula is C22H28N2O6. The zero-order valence-corrected chi connectivity index (χ0v) is 17.3. The van der Waals surface area contributed by atoms with Crippen LogP contribution in [0.1, 0.15) is 23.5 Å². The number of rotatable bonds is 8. The second kappa shape index (κ2) is 9.80. The molecule has 162 valence electrons. The summed E-state index contributed by atoms with van der Waals surface area (Å²) in [5.41, 5.74) is 7.80. The first kappa shape index (κ1) is 21.9. The van der Waals surface area contributed by atoms with Crippen molar-refractivity contribution in [1.29, 1.82) is 0 Å². The van der Waals surface area contributed by atoms with Crippen molar-refractivity contribution in [3.05, 3.63) is 53.6 Å². The standard InChI is InChI=1S/C22H28N2O6/c1-28-15-7-4-13(5-8-15)10-17-21(22(27)24-23-17)16(12-20(26)30-3)14-6-9-19(29-2)18(25)11-14/h4-9,11,16-17,21-25,27H,10,12H2,1-3H3. The van der Waals surface area contributed by atoms with E-state index in [2.05, 4.69) is 10.9 Å². The number of phenolic OH excluding ortho intramolecular Hbond substituents is 1. The van der Waals surface area contributed by atoms with E-state index in [1.165, 1.54) is 14.2 Å². The highest BCUT2D eigenvalue weighted by Crippen LogP contribution is 2.39. The van der Waals surface area contributed by atoms with Crippen LogP contribution in [-0.4, -0.2) is 49.8 Å². The van der Waals surface area contributed by atoms with Crippen LogP contribution in [0.25, 0.3) is 0 Å². The van der Waals surface area contributed by atoms with Gasteiger partial charge in [0.25, 0.3) is 0 Å². The van der Waals surface area contributed by atoms with E-state index in [4.69, 9.17) is 14.2 Å². The number of benzene rings is 2. The normalized spacial score (nSPS) is 21.8. The molecule has 0 bridgehead atoms. The summed E-state index contributed by atoms with van der Waals surface area (Å²) in [6.07, 6.45) is -0.197. The van der Waals surface area contributed by atoms with Gasteiger partial charge in [0, 0.05) is 17.9 Å². The van der Waals surface area contributed by atoms with Gasteiger partial charge in [-0.2, -0.15) is 0 Å². The molecule has 0 spiro atoms. The number of nitrogens with one attached hydrogen (secondary N) is 2. The van der Waals surface area contributed by atoms with Crippen LogP contribution in [0.5, 0.6) is 17.2 Å². The second-order valence-electron chi connectivity index (χ2n) is 7.29. The number of aliphatic hydroxyl groups is 1. The maximum Gasteiger partial charge on any atom is 0.306 e. The Balaban J connectivity index is 1.90. The predicted molar refractivity (Wildman–Crippen MR) is 110 cm³/mol. The number of aliphatic hydroxyl groups excluding tert-OH is 1. The van der Waals surface area contributed by atoms with Crippen LogP contribution in [-0.2, 0) is 16.0 Å². The van der Waals surface area contributed by atoms with Gasteiger partial charge in [0.1, 0.15) is 12.0 Å². The van der Waals surface area contributed by atoms with Crippen molar-refractivity contribution in [1.82, 2.24) is 10.9 Å². The van der Waals surface area contributed by atoms with Gasteiger partial charge in [0.05, 0.1) is 27.8 Å². The highest BCUT2D eigenvalue weighted by molar-refractivity contribution is 5.70. The Morgan fingerprint density at radius 3 is 2.40 bits per heavy atom. The average molecular weight is 416 g/mol. The molecule has 1 aliphatic rings. The Morgan fingerprint density at radius 1 is 1.07 bits per heavy atom. The van der Waals surface area contributed by atoms with E-state index >= 15 is 0 Å². The minimum Gasteiger partial charge on any atom is -0.504 e. The minimum absolute atomic E-state index is 0.0232. The number of esters is 1. The molecule has 2 aromatic carbocycles. The van der Waals surface area contributed by atoms with Crippen molar-refractivity contribution in [2.75, 3.05) is 21.3 Å². The summed E-state index contributed by atoms with van der Waals surface area (Å²) in [4.78, 5) is 12.2. The third-order valence-corrected chi connectivity index (χ3v) is 5.57. The third kappa shape index (κ3) is 4.84. The topological polar surface area (TPSA) is 109 Å². The van der Waals surface area contributed by atoms with Gasteiger partial charge in [0.2, 0.25) is 0 Å². The van der Waals surface area contributed by atoms with E-state index in [0.717, 1.165) is 11.3 Å². The zero-order chi connectivity index (χ0) is 21.7. The van der Waals surface area contributed by atoms with Crippen LogP contribution in [0, 0.1) is 5.92 Å². The molecule has 4 unspecified atom stereocenters. The SMILES string of the molecule is COC(=O)CC(c1ccc(OC)c(O)c1)C1C(O)NNC1Cc1ccc(OC)cc1. The molecular weight excluding hydrogens is 388 g/mol. The smallest absolute Gasteiger partial charge is 0.306 e. The molecule has 1 aliphatic heterocycles. The molecule has 8 nitrogen and oxygen atoms in total. The Labute approximate surface area is 175 Å². The molecule has 1 saturated heterocycles. The lowest BCUT2D eigenvalue weighted by atomic mass is 9.77. The Hall–Kier alpha value is -2.81. The molecule has 0 aliphatic carbocycles. The van der Waals surface area contributed by atoms with Gasteiger partial charge in [-0.3, -0.25) is 10.2 Å². The van der Waals surface area contributed by atoms with Gasteiger partial charge in [-0.05, 0) is 41.8 Å². The van der Waals surface area contributed by atoms with Gasteiger partial charge in [-0.25, -0.2) is 5.43 Å². The van der Waals surface area contributed by atoms with Gasteiger partial charge in [-0.15, -0.1) is 0 Å². The molecule has 1 fully saturated rings. The fourth-order valence-corrected chi connectivity index (χ4v) is 3.98. The lowest BCUT2D eigenvalue weighted by Crippen LogP contribution is -2.36. The number of carbonyl (C=O) groups is 1. The second-order valence-corrected chi connectivity index (χ2v) is 7.29. The lowest BCUT2D eigenvalue weighted by Gasteiger charge is -2.29. The third-order valence-electron chi connectivity index (χ3n) is 5.57. The number of hydrogen-bond acceptors (Lipinski definition) is 8. The summed E-state index contributed by atoms with van der Waals surface area (Å²) in [5.74, 6) is -0.0460. The van der Waals surface area contributed by atoms with Crippen molar-refractivity contribution >= 4 is 5.97 Å². The molecule has 8 heteroatoms. The van der Waals surface area contributed by atoms with Crippen LogP contribution >= 0.6 is 0 Å². The molecule has 0 saturated carbocycles. The Morgan fingerprint density at radius 2 is 1.80 bits per heavy atom. The van der Waals surface area contributed by atoms with E-state index < -0.39 is 18.1 Å². The number of hydrazine groups is 1. The lowest BCUT2D eigenvalue weighted by molar-refractivity contribution is -0.141. The quantitative estimate of drug-likeness (QED) is 0.482. The Bertz CT molecular complexity index is 857. The number of ether oxygens (including phenoxy) is 3. The summed E-state index contributed by atoms with van der Waals surface area (Å²) >= 11 is 0. The molecule has 0 amide bonds. The van der Waals surface area contributed by atoms with Crippen molar-refractivity contribution < 1.29 is 29.2 Å². The molecule has 0 radical (unpaired) electrons. The fraction of sp³-hybridized carbons (Fsp3) is 0.409. The van der Waals surface area contributed by atoms with E-state index in [9.17, 15) is 15.0 Å². The molecule has 0 aromatic heterocycles. The molecule has 1 heterocycles. The number of carbonyl (C=O) groups excluding carboxylic acids is 1. The molecule has 2 aromatic rings. The summed E-state index contributed by atoms with van der Waals surface area (Å²) in [6, 6.07) is 12.6. The highest BCUT2D eigenvalue weighted by atomic mass is 16.5. The van der Waals surface area contributed by atoms with Gasteiger partial charge in [0.15, 0.2) is 11.5 Å². The van der Waals surface area contributed by atoms with Crippen LogP contribution in [0.4, 0.5) is 0 Å². The average Bonchev–Trinajstić information content (AvgIpc) is 3.12. The number of methoxy groups -OCH3 is 3. The first-order chi connectivity index (χ1) is 14.5. The maximum absolute atomic E-state index is 12.2. The first-order valence-corrected chi connectivity index (χ1v) is 9.72. The molecule has 4 atom stereocenters. The van der Waals surface area contributed by atoms with Crippen LogP contribution in [0.15, 0.2) is 42.5 Å². The number of aromatic hydroxyl groups is 1. The zero-order valence-electron chi connectivity index (χ0n) is 17.3. The number of hydrogen-bond donors (Lipinski definition) is 4. The summed E-state index contributed by atoms with van der Waals surface area (Å²) in [6.45, 7) is 0. The fourth-order valence-electron chi connectivity index (χ4n) is 3.98. The summed E-state index contributed by atoms with van der Waals surface area (Å²) in [7, 11) is 4.42. The van der Waals surface area contributed by atoms with Gasteiger partial charge >= 0.3 is 5.97 Å². The largest absolute Gasteiger partial charge is 0.504 e. The summed E-state index contributed by atoms with van der Waals surface area (Å²) < 4.78 is 15.2. The minimum atomic E-state index is -0.882. The number of phenols is 1. The van der Waals surface area contributed by atoms with E-state index in [1.54, 1.807) is 25.3 Å². The highest BCUT2D eigenvalue weighted by Gasteiger charge is 2.42.